The van der Waals surface area contributed by atoms with Crippen LogP contribution in [0, 0.1) is 58.2 Å². The maximum Gasteiger partial charge on any atom is 0.310 e. The smallest absolute Gasteiger partial charge is 0.310 e. The van der Waals surface area contributed by atoms with Gasteiger partial charge in [0.1, 0.15) is 6.10 Å². The van der Waals surface area contributed by atoms with E-state index in [1.54, 1.807) is 5.57 Å². The Bertz CT molecular complexity index is 917. The van der Waals surface area contributed by atoms with Crippen molar-refractivity contribution in [3.8, 4) is 0 Å². The molecule has 9 atom stereocenters. The lowest BCUT2D eigenvalue weighted by Crippen LogP contribution is -2.52. The Morgan fingerprint density at radius 1 is 1.03 bits per heavy atom. The van der Waals surface area contributed by atoms with E-state index >= 15 is 0 Å². The highest BCUT2D eigenvalue weighted by molar-refractivity contribution is 5.73. The fraction of sp³-hybridized carbons (Fsp3) is 0.914. The lowest BCUT2D eigenvalue weighted by atomic mass is 9.47. The summed E-state index contributed by atoms with van der Waals surface area (Å²) in [6.45, 7) is 16.0. The van der Waals surface area contributed by atoms with Crippen LogP contribution in [0.1, 0.15) is 122 Å². The number of hydrogen-bond acceptors (Lipinski definition) is 3. The average molecular weight is 530 g/mol. The molecule has 7 rings (SSSR count). The van der Waals surface area contributed by atoms with Gasteiger partial charge in [-0.15, -0.1) is 0 Å². The van der Waals surface area contributed by atoms with Gasteiger partial charge in [0, 0.05) is 17.2 Å². The molecule has 7 aliphatic rings. The maximum atomic E-state index is 13.2. The van der Waals surface area contributed by atoms with Crippen molar-refractivity contribution in [3.05, 3.63) is 11.6 Å². The van der Waals surface area contributed by atoms with Gasteiger partial charge < -0.3 is 9.64 Å². The van der Waals surface area contributed by atoms with Gasteiger partial charge >= 0.3 is 5.97 Å². The van der Waals surface area contributed by atoms with Crippen LogP contribution in [0.15, 0.2) is 11.6 Å². The number of allylic oxidation sites excluding steroid dienone is 1. The Kier molecular flexibility index (Phi) is 7.58. The molecule has 3 heterocycles. The first kappa shape index (κ1) is 27.3. The summed E-state index contributed by atoms with van der Waals surface area (Å²) in [4.78, 5) is 15.7. The third-order valence-corrected chi connectivity index (χ3v) is 13.5. The van der Waals surface area contributed by atoms with E-state index < -0.39 is 0 Å². The number of hydrogen-bond donors (Lipinski definition) is 0. The molecular weight excluding hydrogens is 466 g/mol. The summed E-state index contributed by atoms with van der Waals surface area (Å²) in [5.41, 5.74) is 2.54. The largest absolute Gasteiger partial charge is 0.462 e. The molecule has 6 fully saturated rings. The van der Waals surface area contributed by atoms with Gasteiger partial charge in [0.15, 0.2) is 0 Å². The van der Waals surface area contributed by atoms with E-state index in [1.807, 2.05) is 0 Å². The fourth-order valence-corrected chi connectivity index (χ4v) is 11.2. The molecule has 0 aromatic carbocycles. The summed E-state index contributed by atoms with van der Waals surface area (Å²) < 4.78 is 6.28. The first-order chi connectivity index (χ1) is 18.2. The van der Waals surface area contributed by atoms with Crippen molar-refractivity contribution in [2.45, 2.75) is 124 Å². The predicted octanol–water partition coefficient (Wildman–Crippen LogP) is 9.02. The Balaban J connectivity index is 0.00000154. The molecule has 0 radical (unpaired) electrons. The molecule has 220 valence electrons. The molecule has 0 amide bonds. The number of carbonyl (C=O) groups excluding carboxylic acids is 1. The van der Waals surface area contributed by atoms with E-state index in [2.05, 4.69) is 45.6 Å². The van der Waals surface area contributed by atoms with Crippen molar-refractivity contribution in [2.75, 3.05) is 19.6 Å². The number of rotatable bonds is 7. The second kappa shape index (κ2) is 10.5. The van der Waals surface area contributed by atoms with E-state index in [-0.39, 0.29) is 22.3 Å². The van der Waals surface area contributed by atoms with Gasteiger partial charge in [0.25, 0.3) is 0 Å². The SMILES string of the molecule is CC(C)CCC[C@@H](C)C1CCC2[C@@H]3CC=C4C[C@@H](OC(=O)C5CN6CCC5CC6)CC[C@]4(C)C3CC[C@@]21C.[HH].[HH].[HH]. The molecule has 3 heteroatoms. The molecule has 38 heavy (non-hydrogen) atoms. The maximum absolute atomic E-state index is 13.2. The Labute approximate surface area is 238 Å². The summed E-state index contributed by atoms with van der Waals surface area (Å²) in [6.07, 6.45) is 19.8. The number of esters is 1. The zero-order valence-corrected chi connectivity index (χ0v) is 25.4. The second-order valence-corrected chi connectivity index (χ2v) is 15.8. The Morgan fingerprint density at radius 3 is 2.53 bits per heavy atom. The van der Waals surface area contributed by atoms with Crippen molar-refractivity contribution in [1.82, 2.24) is 4.90 Å². The molecular formula is C35H63NO2. The lowest BCUT2D eigenvalue weighted by molar-refractivity contribution is -0.163. The Hall–Kier alpha value is -0.830. The van der Waals surface area contributed by atoms with Gasteiger partial charge in [-0.1, -0.05) is 65.5 Å². The van der Waals surface area contributed by atoms with Crippen LogP contribution >= 0.6 is 0 Å². The van der Waals surface area contributed by atoms with Crippen LogP contribution in [-0.4, -0.2) is 36.6 Å². The highest BCUT2D eigenvalue weighted by Gasteiger charge is 2.59. The fourth-order valence-electron chi connectivity index (χ4n) is 11.2. The zero-order valence-electron chi connectivity index (χ0n) is 25.4. The van der Waals surface area contributed by atoms with E-state index in [1.165, 1.54) is 83.7 Å². The number of ether oxygens (including phenoxy) is 1. The molecule has 3 saturated heterocycles. The monoisotopic (exact) mass is 529 g/mol. The second-order valence-electron chi connectivity index (χ2n) is 15.8. The van der Waals surface area contributed by atoms with Crippen LogP contribution in [0.2, 0.25) is 0 Å². The standard InChI is InChI=1S/C35H57NO2.3H2/c1-23(2)7-6-8-24(3)30-11-12-31-28-10-9-26-21-27(13-17-34(26,4)32(28)14-18-35(30,31)5)38-33(37)29-22-36-19-15-25(29)16-20-36;;;/h9,23-25,27-32H,6-8,10-22H2,1-5H3;3*1H/t24-,27+,28+,29?,30?,31?,32?,34+,35-;;;/m1.../s1. The van der Waals surface area contributed by atoms with Gasteiger partial charge in [0.2, 0.25) is 0 Å². The molecule has 0 spiro atoms. The number of fused-ring (bicyclic) bond motifs is 8. The minimum Gasteiger partial charge on any atom is -0.462 e. The molecule has 0 aromatic rings. The number of nitrogens with zero attached hydrogens (tertiary/aromatic N) is 1. The quantitative estimate of drug-likeness (QED) is 0.243. The molecule has 0 N–H and O–H groups in total. The van der Waals surface area contributed by atoms with E-state index in [9.17, 15) is 4.79 Å². The van der Waals surface area contributed by atoms with Gasteiger partial charge in [-0.05, 0) is 123 Å². The van der Waals surface area contributed by atoms with Crippen molar-refractivity contribution in [3.63, 3.8) is 0 Å². The predicted molar refractivity (Wildman–Crippen MR) is 162 cm³/mol. The molecule has 4 aliphatic carbocycles. The van der Waals surface area contributed by atoms with E-state index in [0.29, 0.717) is 16.7 Å². The van der Waals surface area contributed by atoms with Gasteiger partial charge in [-0.25, -0.2) is 0 Å². The molecule has 3 aliphatic heterocycles. The van der Waals surface area contributed by atoms with E-state index in [0.717, 1.165) is 54.9 Å². The van der Waals surface area contributed by atoms with Crippen LogP contribution in [0.3, 0.4) is 0 Å². The minimum atomic E-state index is 0. The van der Waals surface area contributed by atoms with Crippen LogP contribution in [0.4, 0.5) is 0 Å². The van der Waals surface area contributed by atoms with Gasteiger partial charge in [-0.2, -0.15) is 0 Å². The zero-order chi connectivity index (χ0) is 26.7. The van der Waals surface area contributed by atoms with Crippen LogP contribution < -0.4 is 0 Å². The molecule has 3 nitrogen and oxygen atoms in total. The normalized spacial score (nSPS) is 46.6. The molecule has 0 aromatic heterocycles. The Morgan fingerprint density at radius 2 is 1.82 bits per heavy atom. The number of carbonyl (C=O) groups is 1. The lowest BCUT2D eigenvalue weighted by Gasteiger charge is -2.58. The topological polar surface area (TPSA) is 29.5 Å². The third-order valence-electron chi connectivity index (χ3n) is 13.5. The summed E-state index contributed by atoms with van der Waals surface area (Å²) in [5, 5.41) is 0. The van der Waals surface area contributed by atoms with Crippen molar-refractivity contribution in [2.24, 2.45) is 58.2 Å². The van der Waals surface area contributed by atoms with Crippen LogP contribution in [0.5, 0.6) is 0 Å². The van der Waals surface area contributed by atoms with Crippen molar-refractivity contribution < 1.29 is 13.8 Å². The summed E-state index contributed by atoms with van der Waals surface area (Å²) in [6, 6.07) is 0. The summed E-state index contributed by atoms with van der Waals surface area (Å²) in [7, 11) is 0. The average Bonchev–Trinajstić information content (AvgIpc) is 3.26. The highest BCUT2D eigenvalue weighted by Crippen LogP contribution is 2.67. The number of piperidine rings is 3. The van der Waals surface area contributed by atoms with Crippen LogP contribution in [0.25, 0.3) is 0 Å². The highest BCUT2D eigenvalue weighted by atomic mass is 16.5. The first-order valence-corrected chi connectivity index (χ1v) is 16.8. The van der Waals surface area contributed by atoms with E-state index in [4.69, 9.17) is 4.74 Å². The summed E-state index contributed by atoms with van der Waals surface area (Å²) >= 11 is 0. The molecule has 2 bridgehead atoms. The van der Waals surface area contributed by atoms with Crippen LogP contribution in [-0.2, 0) is 9.53 Å². The summed E-state index contributed by atoms with van der Waals surface area (Å²) in [5.74, 6) is 6.11. The molecule has 4 unspecified atom stereocenters. The van der Waals surface area contributed by atoms with Crippen molar-refractivity contribution >= 4 is 5.97 Å². The molecule has 3 saturated carbocycles. The van der Waals surface area contributed by atoms with Gasteiger partial charge in [-0.3, -0.25) is 4.79 Å². The third kappa shape index (κ3) is 4.73. The van der Waals surface area contributed by atoms with Gasteiger partial charge in [0.05, 0.1) is 5.92 Å². The van der Waals surface area contributed by atoms with Crippen molar-refractivity contribution in [1.29, 1.82) is 0 Å². The first-order valence-electron chi connectivity index (χ1n) is 16.8. The minimum absolute atomic E-state index is 0.